The molecule has 0 radical (unpaired) electrons. The van der Waals surface area contributed by atoms with E-state index in [1.54, 1.807) is 0 Å². The van der Waals surface area contributed by atoms with Crippen LogP contribution in [0.1, 0.15) is 13.3 Å². The Labute approximate surface area is 51.6 Å². The van der Waals surface area contributed by atoms with Crippen LogP contribution in [-0.4, -0.2) is 14.0 Å². The van der Waals surface area contributed by atoms with Crippen molar-refractivity contribution in [3.05, 3.63) is 0 Å². The molecule has 1 saturated heterocycles. The van der Waals surface area contributed by atoms with Gasteiger partial charge in [0.25, 0.3) is 0 Å². The SMILES string of the molecule is C[SiH]1CCC1(C)ON. The standard InChI is InChI=1S/C5H13NOSi/c1-5(7-6)3-4-8(5)2/h8H,3-4,6H2,1-2H3. The zero-order valence-electron chi connectivity index (χ0n) is 5.48. The second kappa shape index (κ2) is 1.82. The van der Waals surface area contributed by atoms with Crippen molar-refractivity contribution in [2.45, 2.75) is 31.2 Å². The van der Waals surface area contributed by atoms with Crippen molar-refractivity contribution in [2.75, 3.05) is 0 Å². The number of nitrogens with two attached hydrogens (primary N) is 1. The Morgan fingerprint density at radius 3 is 2.38 bits per heavy atom. The van der Waals surface area contributed by atoms with E-state index in [4.69, 9.17) is 10.7 Å². The molecule has 0 bridgehead atoms. The van der Waals surface area contributed by atoms with Gasteiger partial charge in [0.2, 0.25) is 0 Å². The van der Waals surface area contributed by atoms with E-state index in [9.17, 15) is 0 Å². The van der Waals surface area contributed by atoms with Crippen molar-refractivity contribution in [2.24, 2.45) is 5.90 Å². The van der Waals surface area contributed by atoms with Crippen molar-refractivity contribution < 1.29 is 4.84 Å². The van der Waals surface area contributed by atoms with Crippen molar-refractivity contribution in [3.8, 4) is 0 Å². The van der Waals surface area contributed by atoms with Crippen LogP contribution in [0.15, 0.2) is 0 Å². The lowest BCUT2D eigenvalue weighted by Gasteiger charge is -2.41. The molecule has 2 nitrogen and oxygen atoms in total. The second-order valence-electron chi connectivity index (χ2n) is 2.87. The quantitative estimate of drug-likeness (QED) is 0.414. The molecule has 3 heteroatoms. The predicted molar refractivity (Wildman–Crippen MR) is 36.1 cm³/mol. The van der Waals surface area contributed by atoms with Gasteiger partial charge >= 0.3 is 0 Å². The van der Waals surface area contributed by atoms with Crippen molar-refractivity contribution >= 4 is 8.80 Å². The average Bonchev–Trinajstić information content (AvgIpc) is 1.83. The highest BCUT2D eigenvalue weighted by molar-refractivity contribution is 6.63. The summed E-state index contributed by atoms with van der Waals surface area (Å²) >= 11 is 0. The molecule has 1 heterocycles. The first-order valence-corrected chi connectivity index (χ1v) is 5.62. The minimum atomic E-state index is -0.546. The fraction of sp³-hybridized carbons (Fsp3) is 1.00. The first-order valence-electron chi connectivity index (χ1n) is 3.07. The highest BCUT2D eigenvalue weighted by atomic mass is 28.3. The van der Waals surface area contributed by atoms with Crippen molar-refractivity contribution in [3.63, 3.8) is 0 Å². The van der Waals surface area contributed by atoms with E-state index in [0.29, 0.717) is 0 Å². The predicted octanol–water partition coefficient (Wildman–Crippen LogP) is 0.435. The smallest absolute Gasteiger partial charge is 0.0749 e. The maximum atomic E-state index is 5.09. The van der Waals surface area contributed by atoms with Gasteiger partial charge in [0.05, 0.1) is 14.0 Å². The Morgan fingerprint density at radius 1 is 1.75 bits per heavy atom. The van der Waals surface area contributed by atoms with Gasteiger partial charge in [-0.15, -0.1) is 0 Å². The fourth-order valence-electron chi connectivity index (χ4n) is 1.01. The van der Waals surface area contributed by atoms with Gasteiger partial charge in [0.15, 0.2) is 0 Å². The van der Waals surface area contributed by atoms with E-state index in [1.165, 1.54) is 12.5 Å². The van der Waals surface area contributed by atoms with Gasteiger partial charge in [-0.2, -0.15) is 0 Å². The van der Waals surface area contributed by atoms with E-state index >= 15 is 0 Å². The molecule has 2 atom stereocenters. The molecule has 1 fully saturated rings. The zero-order chi connectivity index (χ0) is 6.20. The van der Waals surface area contributed by atoms with E-state index in [2.05, 4.69) is 13.5 Å². The summed E-state index contributed by atoms with van der Waals surface area (Å²) in [5.41, 5.74) is 0. The molecular formula is C5H13NOSi. The van der Waals surface area contributed by atoms with Crippen LogP contribution in [0.4, 0.5) is 0 Å². The van der Waals surface area contributed by atoms with Crippen LogP contribution >= 0.6 is 0 Å². The Hall–Kier alpha value is 0.137. The Balaban J connectivity index is 2.42. The highest BCUT2D eigenvalue weighted by Crippen LogP contribution is 2.33. The highest BCUT2D eigenvalue weighted by Gasteiger charge is 2.41. The third kappa shape index (κ3) is 0.707. The van der Waals surface area contributed by atoms with Gasteiger partial charge < -0.3 is 4.84 Å². The van der Waals surface area contributed by atoms with E-state index in [1.807, 2.05) is 0 Å². The number of rotatable bonds is 1. The van der Waals surface area contributed by atoms with Crippen molar-refractivity contribution in [1.29, 1.82) is 0 Å². The first kappa shape index (κ1) is 6.26. The first-order chi connectivity index (χ1) is 3.69. The molecule has 0 spiro atoms. The van der Waals surface area contributed by atoms with E-state index in [0.717, 1.165) is 0 Å². The van der Waals surface area contributed by atoms with Crippen LogP contribution < -0.4 is 5.90 Å². The largest absolute Gasteiger partial charge is 0.302 e. The van der Waals surface area contributed by atoms with Gasteiger partial charge in [0.1, 0.15) is 0 Å². The van der Waals surface area contributed by atoms with Crippen LogP contribution in [0.5, 0.6) is 0 Å². The van der Waals surface area contributed by atoms with Gasteiger partial charge in [-0.05, 0) is 13.3 Å². The fourth-order valence-corrected chi connectivity index (χ4v) is 2.93. The van der Waals surface area contributed by atoms with E-state index < -0.39 is 8.80 Å². The molecule has 0 aromatic heterocycles. The Kier molecular flexibility index (Phi) is 1.43. The van der Waals surface area contributed by atoms with Crippen LogP contribution in [0.25, 0.3) is 0 Å². The maximum Gasteiger partial charge on any atom is 0.0749 e. The molecule has 2 N–H and O–H groups in total. The molecule has 0 saturated carbocycles. The van der Waals surface area contributed by atoms with Crippen LogP contribution in [0.2, 0.25) is 12.6 Å². The molecular weight excluding hydrogens is 118 g/mol. The minimum Gasteiger partial charge on any atom is -0.302 e. The molecule has 0 aromatic carbocycles. The van der Waals surface area contributed by atoms with Gasteiger partial charge in [-0.3, -0.25) is 0 Å². The van der Waals surface area contributed by atoms with Crippen LogP contribution in [0.3, 0.4) is 0 Å². The van der Waals surface area contributed by atoms with Gasteiger partial charge in [-0.1, -0.05) is 12.6 Å². The molecule has 0 amide bonds. The lowest BCUT2D eigenvalue weighted by Crippen LogP contribution is -2.54. The van der Waals surface area contributed by atoms with Crippen molar-refractivity contribution in [1.82, 2.24) is 0 Å². The van der Waals surface area contributed by atoms with Gasteiger partial charge in [-0.25, -0.2) is 5.90 Å². The monoisotopic (exact) mass is 131 g/mol. The summed E-state index contributed by atoms with van der Waals surface area (Å²) in [7, 11) is -0.546. The van der Waals surface area contributed by atoms with Crippen LogP contribution in [-0.2, 0) is 4.84 Å². The Morgan fingerprint density at radius 2 is 2.38 bits per heavy atom. The maximum absolute atomic E-state index is 5.09. The molecule has 1 aliphatic heterocycles. The summed E-state index contributed by atoms with van der Waals surface area (Å²) in [5, 5.41) is 0.139. The summed E-state index contributed by atoms with van der Waals surface area (Å²) in [6.45, 7) is 4.42. The molecule has 1 aliphatic rings. The zero-order valence-corrected chi connectivity index (χ0v) is 6.63. The third-order valence-corrected chi connectivity index (χ3v) is 6.05. The van der Waals surface area contributed by atoms with E-state index in [-0.39, 0.29) is 5.22 Å². The average molecular weight is 131 g/mol. The minimum absolute atomic E-state index is 0.139. The molecule has 0 aromatic rings. The lowest BCUT2D eigenvalue weighted by molar-refractivity contribution is 0.00717. The normalized spacial score (nSPS) is 46.1. The summed E-state index contributed by atoms with van der Waals surface area (Å²) in [4.78, 5) is 4.85. The number of hydrogen-bond acceptors (Lipinski definition) is 2. The van der Waals surface area contributed by atoms with Gasteiger partial charge in [0, 0.05) is 0 Å². The molecule has 8 heavy (non-hydrogen) atoms. The summed E-state index contributed by atoms with van der Waals surface area (Å²) in [5.74, 6) is 5.09. The summed E-state index contributed by atoms with van der Waals surface area (Å²) < 4.78 is 0. The topological polar surface area (TPSA) is 35.2 Å². The second-order valence-corrected chi connectivity index (χ2v) is 6.47. The third-order valence-electron chi connectivity index (χ3n) is 2.39. The molecule has 1 rings (SSSR count). The summed E-state index contributed by atoms with van der Waals surface area (Å²) in [6.07, 6.45) is 1.18. The molecule has 0 aliphatic carbocycles. The summed E-state index contributed by atoms with van der Waals surface area (Å²) in [6, 6.07) is 1.40. The van der Waals surface area contributed by atoms with Crippen LogP contribution in [0, 0.1) is 0 Å². The lowest BCUT2D eigenvalue weighted by atomic mass is 10.3. The Bertz CT molecular complexity index is 94.4. The molecule has 2 unspecified atom stereocenters. The number of hydrogen-bond donors (Lipinski definition) is 1. The molecule has 48 valence electrons.